The van der Waals surface area contributed by atoms with E-state index in [2.05, 4.69) is 22.1 Å². The first-order valence-electron chi connectivity index (χ1n) is 4.52. The van der Waals surface area contributed by atoms with Gasteiger partial charge in [0.15, 0.2) is 5.78 Å². The molecule has 3 heteroatoms. The van der Waals surface area contributed by atoms with Crippen LogP contribution in [0.2, 0.25) is 0 Å². The van der Waals surface area contributed by atoms with Crippen LogP contribution in [-0.2, 0) is 7.05 Å². The molecule has 0 aliphatic rings. The Morgan fingerprint density at radius 3 is 2.73 bits per heavy atom. The summed E-state index contributed by atoms with van der Waals surface area (Å²) in [4.78, 5) is 12.0. The van der Waals surface area contributed by atoms with E-state index in [1.807, 2.05) is 25.2 Å². The molecule has 0 saturated heterocycles. The van der Waals surface area contributed by atoms with Crippen LogP contribution in [0.15, 0.2) is 41.0 Å². The summed E-state index contributed by atoms with van der Waals surface area (Å²) in [5.74, 6) is 0.0133. The number of nitrogens with zero attached hydrogens (tertiary/aromatic N) is 1. The number of benzene rings is 1. The topological polar surface area (TPSA) is 22.0 Å². The molecule has 2 aromatic rings. The third-order valence-corrected chi connectivity index (χ3v) is 2.83. The zero-order valence-corrected chi connectivity index (χ0v) is 9.78. The molecule has 2 nitrogen and oxygen atoms in total. The summed E-state index contributed by atoms with van der Waals surface area (Å²) >= 11 is 3.36. The van der Waals surface area contributed by atoms with Gasteiger partial charge in [-0.15, -0.1) is 0 Å². The van der Waals surface area contributed by atoms with Gasteiger partial charge >= 0.3 is 0 Å². The largest absolute Gasteiger partial charge is 0.349 e. The van der Waals surface area contributed by atoms with Crippen molar-refractivity contribution < 1.29 is 4.79 Å². The van der Waals surface area contributed by atoms with Crippen molar-refractivity contribution in [2.24, 2.45) is 7.05 Å². The molecule has 0 aliphatic heterocycles. The minimum Gasteiger partial charge on any atom is -0.349 e. The Balaban J connectivity index is 2.41. The third-order valence-electron chi connectivity index (χ3n) is 2.14. The Bertz CT molecular complexity index is 502. The molecule has 0 atom stereocenters. The Morgan fingerprint density at radius 1 is 1.40 bits per heavy atom. The van der Waals surface area contributed by atoms with Crippen molar-refractivity contribution >= 4 is 21.7 Å². The van der Waals surface area contributed by atoms with Crippen molar-refractivity contribution in [1.82, 2.24) is 4.57 Å². The summed E-state index contributed by atoms with van der Waals surface area (Å²) in [6.45, 7) is 0. The molecule has 0 saturated carbocycles. The lowest BCUT2D eigenvalue weighted by Crippen LogP contribution is -2.00. The predicted octanol–water partition coefficient (Wildman–Crippen LogP) is 2.82. The number of hydrogen-bond donors (Lipinski definition) is 0. The number of hydrogen-bond acceptors (Lipinski definition) is 1. The first-order valence-corrected chi connectivity index (χ1v) is 5.31. The van der Waals surface area contributed by atoms with E-state index in [9.17, 15) is 4.79 Å². The molecule has 15 heavy (non-hydrogen) atoms. The summed E-state index contributed by atoms with van der Waals surface area (Å²) in [7, 11) is 1.84. The molecule has 0 fully saturated rings. The minimum atomic E-state index is 0.0133. The monoisotopic (exact) mass is 262 g/mol. The second-order valence-electron chi connectivity index (χ2n) is 3.28. The lowest BCUT2D eigenvalue weighted by atomic mass is 10.1. The molecular weight excluding hydrogens is 254 g/mol. The fraction of sp³-hybridized carbons (Fsp3) is 0.0833. The standard InChI is InChI=1S/C12H9BrNO/c1-14-7-6-9(8-14)12(15)10-4-2-3-5-11(10)13/h2-6,8H,1H3. The van der Waals surface area contributed by atoms with Gasteiger partial charge in [0.05, 0.1) is 6.20 Å². The Hall–Kier alpha value is -1.35. The Kier molecular flexibility index (Phi) is 2.73. The molecule has 1 aromatic carbocycles. The molecule has 0 aliphatic carbocycles. The zero-order chi connectivity index (χ0) is 10.8. The lowest BCUT2D eigenvalue weighted by molar-refractivity contribution is 0.103. The van der Waals surface area contributed by atoms with Crippen LogP contribution in [0.3, 0.4) is 0 Å². The molecule has 1 radical (unpaired) electrons. The van der Waals surface area contributed by atoms with Crippen molar-refractivity contribution in [2.45, 2.75) is 0 Å². The fourth-order valence-electron chi connectivity index (χ4n) is 1.38. The van der Waals surface area contributed by atoms with Gasteiger partial charge in [-0.05, 0) is 18.2 Å². The van der Waals surface area contributed by atoms with Crippen molar-refractivity contribution in [2.75, 3.05) is 0 Å². The number of ketones is 1. The number of carbonyl (C=O) groups is 1. The highest BCUT2D eigenvalue weighted by Gasteiger charge is 2.12. The van der Waals surface area contributed by atoms with Crippen molar-refractivity contribution in [1.29, 1.82) is 0 Å². The highest BCUT2D eigenvalue weighted by atomic mass is 79.9. The summed E-state index contributed by atoms with van der Waals surface area (Å²) in [6.07, 6.45) is 4.68. The van der Waals surface area contributed by atoms with Gasteiger partial charge in [0.25, 0.3) is 0 Å². The van der Waals surface area contributed by atoms with E-state index >= 15 is 0 Å². The second kappa shape index (κ2) is 4.03. The molecule has 0 N–H and O–H groups in total. The van der Waals surface area contributed by atoms with Crippen LogP contribution < -0.4 is 0 Å². The number of aromatic nitrogens is 1. The summed E-state index contributed by atoms with van der Waals surface area (Å²) < 4.78 is 2.56. The maximum Gasteiger partial charge on any atom is 0.195 e. The van der Waals surface area contributed by atoms with Gasteiger partial charge in [0.1, 0.15) is 0 Å². The smallest absolute Gasteiger partial charge is 0.195 e. The summed E-state index contributed by atoms with van der Waals surface area (Å²) in [5.41, 5.74) is 1.33. The van der Waals surface area contributed by atoms with E-state index in [1.54, 1.807) is 22.9 Å². The fourth-order valence-corrected chi connectivity index (χ4v) is 1.84. The number of carbonyl (C=O) groups excluding carboxylic acids is 1. The van der Waals surface area contributed by atoms with E-state index in [4.69, 9.17) is 0 Å². The average molecular weight is 263 g/mol. The minimum absolute atomic E-state index is 0.0133. The van der Waals surface area contributed by atoms with Crippen LogP contribution in [0.4, 0.5) is 0 Å². The molecule has 2 rings (SSSR count). The maximum atomic E-state index is 12.0. The van der Waals surface area contributed by atoms with E-state index in [0.29, 0.717) is 11.1 Å². The van der Waals surface area contributed by atoms with Crippen LogP contribution >= 0.6 is 15.9 Å². The van der Waals surface area contributed by atoms with Gasteiger partial charge in [-0.25, -0.2) is 0 Å². The third kappa shape index (κ3) is 2.02. The highest BCUT2D eigenvalue weighted by Crippen LogP contribution is 2.19. The van der Waals surface area contributed by atoms with Crippen LogP contribution in [0, 0.1) is 6.20 Å². The van der Waals surface area contributed by atoms with Crippen molar-refractivity contribution in [3.63, 3.8) is 0 Å². The van der Waals surface area contributed by atoms with Gasteiger partial charge in [0, 0.05) is 28.8 Å². The predicted molar refractivity (Wildman–Crippen MR) is 61.8 cm³/mol. The van der Waals surface area contributed by atoms with E-state index < -0.39 is 0 Å². The molecule has 0 bridgehead atoms. The quantitative estimate of drug-likeness (QED) is 0.763. The highest BCUT2D eigenvalue weighted by molar-refractivity contribution is 9.10. The van der Waals surface area contributed by atoms with Crippen LogP contribution in [0.5, 0.6) is 0 Å². The number of halogens is 1. The van der Waals surface area contributed by atoms with Gasteiger partial charge in [-0.2, -0.15) is 0 Å². The average Bonchev–Trinajstić information content (AvgIpc) is 2.65. The normalized spacial score (nSPS) is 10.3. The van der Waals surface area contributed by atoms with Gasteiger partial charge in [-0.3, -0.25) is 4.79 Å². The molecule has 1 aromatic heterocycles. The first kappa shape index (κ1) is 10.2. The zero-order valence-electron chi connectivity index (χ0n) is 8.20. The molecular formula is C12H9BrNO. The van der Waals surface area contributed by atoms with Crippen molar-refractivity contribution in [3.8, 4) is 0 Å². The van der Waals surface area contributed by atoms with Gasteiger partial charge in [-0.1, -0.05) is 28.1 Å². The second-order valence-corrected chi connectivity index (χ2v) is 4.13. The van der Waals surface area contributed by atoms with E-state index in [0.717, 1.165) is 4.47 Å². The Labute approximate surface area is 96.7 Å². The molecule has 0 spiro atoms. The molecule has 0 amide bonds. The van der Waals surface area contributed by atoms with Gasteiger partial charge in [0.2, 0.25) is 0 Å². The summed E-state index contributed by atoms with van der Waals surface area (Å²) in [5, 5.41) is 0. The molecule has 0 unspecified atom stereocenters. The molecule has 75 valence electrons. The van der Waals surface area contributed by atoms with E-state index in [-0.39, 0.29) is 5.78 Å². The maximum absolute atomic E-state index is 12.0. The van der Waals surface area contributed by atoms with Crippen LogP contribution in [0.1, 0.15) is 15.9 Å². The Morgan fingerprint density at radius 2 is 2.13 bits per heavy atom. The SMILES string of the molecule is Cn1[c]cc(C(=O)c2ccccc2Br)c1. The lowest BCUT2D eigenvalue weighted by Gasteiger charge is -2.00. The molecule has 1 heterocycles. The van der Waals surface area contributed by atoms with E-state index in [1.165, 1.54) is 0 Å². The van der Waals surface area contributed by atoms with Crippen LogP contribution in [0.25, 0.3) is 0 Å². The van der Waals surface area contributed by atoms with Crippen LogP contribution in [-0.4, -0.2) is 10.4 Å². The van der Waals surface area contributed by atoms with Crippen molar-refractivity contribution in [3.05, 3.63) is 58.3 Å². The summed E-state index contributed by atoms with van der Waals surface area (Å²) in [6, 6.07) is 9.10. The number of rotatable bonds is 2. The van der Waals surface area contributed by atoms with Gasteiger partial charge < -0.3 is 4.57 Å². The first-order chi connectivity index (χ1) is 7.18. The number of aryl methyl sites for hydroxylation is 1.